The number of hydrogen-bond acceptors (Lipinski definition) is 3. The molecule has 3 nitrogen and oxygen atoms in total. The number of aryl methyl sites for hydroxylation is 2. The lowest BCUT2D eigenvalue weighted by molar-refractivity contribution is 0.213. The first kappa shape index (κ1) is 16.0. The van der Waals surface area contributed by atoms with Gasteiger partial charge in [-0.2, -0.15) is 0 Å². The van der Waals surface area contributed by atoms with Gasteiger partial charge in [-0.25, -0.2) is 0 Å². The third kappa shape index (κ3) is 6.08. The van der Waals surface area contributed by atoms with Crippen LogP contribution in [0.15, 0.2) is 18.2 Å². The summed E-state index contributed by atoms with van der Waals surface area (Å²) in [5, 5.41) is 8.84. The second-order valence-electron chi connectivity index (χ2n) is 4.98. The van der Waals surface area contributed by atoms with Crippen LogP contribution in [0.3, 0.4) is 0 Å². The van der Waals surface area contributed by atoms with Crippen LogP contribution >= 0.6 is 0 Å². The van der Waals surface area contributed by atoms with Gasteiger partial charge < -0.3 is 14.7 Å². The number of hydrogen-bond donors (Lipinski definition) is 1. The van der Waals surface area contributed by atoms with Gasteiger partial charge in [-0.05, 0) is 50.4 Å². The van der Waals surface area contributed by atoms with Crippen LogP contribution in [-0.2, 0) is 0 Å². The number of benzene rings is 1. The Labute approximate surface area is 117 Å². The van der Waals surface area contributed by atoms with E-state index in [2.05, 4.69) is 43.9 Å². The summed E-state index contributed by atoms with van der Waals surface area (Å²) in [7, 11) is 0. The van der Waals surface area contributed by atoms with Gasteiger partial charge in [0.2, 0.25) is 0 Å². The Balaban J connectivity index is 2.27. The summed E-state index contributed by atoms with van der Waals surface area (Å²) in [5.74, 6) is 0.999. The molecule has 0 saturated heterocycles. The number of rotatable bonds is 9. The van der Waals surface area contributed by atoms with E-state index in [0.29, 0.717) is 0 Å². The maximum Gasteiger partial charge on any atom is 0.122 e. The van der Waals surface area contributed by atoms with Gasteiger partial charge in [0.25, 0.3) is 0 Å². The monoisotopic (exact) mass is 265 g/mol. The lowest BCUT2D eigenvalue weighted by Gasteiger charge is -2.20. The molecule has 0 aromatic heterocycles. The molecular formula is C16H27NO2. The first-order valence-corrected chi connectivity index (χ1v) is 7.20. The third-order valence-electron chi connectivity index (χ3n) is 3.30. The third-order valence-corrected chi connectivity index (χ3v) is 3.30. The molecule has 0 amide bonds. The summed E-state index contributed by atoms with van der Waals surface area (Å²) in [6.45, 7) is 10.4. The Bertz CT molecular complexity index is 366. The number of ether oxygens (including phenoxy) is 1. The molecule has 0 fully saturated rings. The van der Waals surface area contributed by atoms with Crippen molar-refractivity contribution in [2.24, 2.45) is 0 Å². The average Bonchev–Trinajstić information content (AvgIpc) is 2.41. The fourth-order valence-corrected chi connectivity index (χ4v) is 2.06. The quantitative estimate of drug-likeness (QED) is 0.697. The molecule has 108 valence electrons. The summed E-state index contributed by atoms with van der Waals surface area (Å²) in [6.07, 6.45) is 1.87. The minimum atomic E-state index is 0.273. The zero-order valence-electron chi connectivity index (χ0n) is 12.5. The SMILES string of the molecule is CCN(CCCO)CCCOc1cc(C)ccc1C. The molecule has 0 spiro atoms. The highest BCUT2D eigenvalue weighted by Gasteiger charge is 2.03. The van der Waals surface area contributed by atoms with Gasteiger partial charge >= 0.3 is 0 Å². The van der Waals surface area contributed by atoms with Crippen LogP contribution < -0.4 is 4.74 Å². The van der Waals surface area contributed by atoms with E-state index in [1.54, 1.807) is 0 Å². The van der Waals surface area contributed by atoms with E-state index in [4.69, 9.17) is 9.84 Å². The molecule has 1 rings (SSSR count). The van der Waals surface area contributed by atoms with Gasteiger partial charge in [-0.1, -0.05) is 19.1 Å². The molecule has 0 unspecified atom stereocenters. The van der Waals surface area contributed by atoms with Gasteiger partial charge in [-0.15, -0.1) is 0 Å². The molecule has 0 aliphatic carbocycles. The minimum Gasteiger partial charge on any atom is -0.493 e. The van der Waals surface area contributed by atoms with Crippen molar-refractivity contribution < 1.29 is 9.84 Å². The molecule has 0 heterocycles. The van der Waals surface area contributed by atoms with Crippen LogP contribution in [0.5, 0.6) is 5.75 Å². The summed E-state index contributed by atoms with van der Waals surface area (Å²) < 4.78 is 5.84. The smallest absolute Gasteiger partial charge is 0.122 e. The van der Waals surface area contributed by atoms with Crippen LogP contribution in [-0.4, -0.2) is 42.9 Å². The maximum atomic E-state index is 8.84. The first-order valence-electron chi connectivity index (χ1n) is 7.20. The molecule has 0 saturated carbocycles. The van der Waals surface area contributed by atoms with Crippen LogP contribution in [0.25, 0.3) is 0 Å². The molecule has 1 aromatic rings. The summed E-state index contributed by atoms with van der Waals surface area (Å²) >= 11 is 0. The molecule has 0 radical (unpaired) electrons. The number of aliphatic hydroxyl groups is 1. The molecule has 1 N–H and O–H groups in total. The molecule has 19 heavy (non-hydrogen) atoms. The molecule has 0 aliphatic rings. The van der Waals surface area contributed by atoms with Gasteiger partial charge in [0, 0.05) is 19.7 Å². The van der Waals surface area contributed by atoms with Crippen molar-refractivity contribution in [3.63, 3.8) is 0 Å². The fourth-order valence-electron chi connectivity index (χ4n) is 2.06. The number of nitrogens with zero attached hydrogens (tertiary/aromatic N) is 1. The second kappa shape index (κ2) is 8.94. The summed E-state index contributed by atoms with van der Waals surface area (Å²) in [4.78, 5) is 2.35. The van der Waals surface area contributed by atoms with E-state index in [-0.39, 0.29) is 6.61 Å². The predicted molar refractivity (Wildman–Crippen MR) is 79.8 cm³/mol. The van der Waals surface area contributed by atoms with Crippen molar-refractivity contribution in [3.8, 4) is 5.75 Å². The predicted octanol–water partition coefficient (Wildman–Crippen LogP) is 2.78. The van der Waals surface area contributed by atoms with Crippen molar-refractivity contribution in [1.29, 1.82) is 0 Å². The van der Waals surface area contributed by atoms with Crippen LogP contribution in [0.4, 0.5) is 0 Å². The first-order chi connectivity index (χ1) is 9.17. The van der Waals surface area contributed by atoms with Crippen LogP contribution in [0.1, 0.15) is 30.9 Å². The normalized spacial score (nSPS) is 11.0. The summed E-state index contributed by atoms with van der Waals surface area (Å²) in [6, 6.07) is 6.30. The van der Waals surface area contributed by atoms with Crippen molar-refractivity contribution in [2.75, 3.05) is 32.8 Å². The topological polar surface area (TPSA) is 32.7 Å². The zero-order chi connectivity index (χ0) is 14.1. The highest BCUT2D eigenvalue weighted by molar-refractivity contribution is 5.35. The van der Waals surface area contributed by atoms with Gasteiger partial charge in [0.15, 0.2) is 0 Å². The molecule has 0 atom stereocenters. The maximum absolute atomic E-state index is 8.84. The van der Waals surface area contributed by atoms with Crippen LogP contribution in [0.2, 0.25) is 0 Å². The lowest BCUT2D eigenvalue weighted by atomic mass is 10.1. The highest BCUT2D eigenvalue weighted by atomic mass is 16.5. The van der Waals surface area contributed by atoms with Gasteiger partial charge in [0.1, 0.15) is 5.75 Å². The van der Waals surface area contributed by atoms with E-state index in [1.165, 1.54) is 11.1 Å². The van der Waals surface area contributed by atoms with Crippen molar-refractivity contribution in [1.82, 2.24) is 4.90 Å². The van der Waals surface area contributed by atoms with Gasteiger partial charge in [-0.3, -0.25) is 0 Å². The van der Waals surface area contributed by atoms with E-state index in [9.17, 15) is 0 Å². The van der Waals surface area contributed by atoms with Crippen molar-refractivity contribution >= 4 is 0 Å². The fraction of sp³-hybridized carbons (Fsp3) is 0.625. The van der Waals surface area contributed by atoms with E-state index >= 15 is 0 Å². The number of aliphatic hydroxyl groups excluding tert-OH is 1. The lowest BCUT2D eigenvalue weighted by Crippen LogP contribution is -2.27. The molecule has 1 aromatic carbocycles. The minimum absolute atomic E-state index is 0.273. The molecule has 3 heteroatoms. The van der Waals surface area contributed by atoms with Crippen molar-refractivity contribution in [3.05, 3.63) is 29.3 Å². The van der Waals surface area contributed by atoms with Gasteiger partial charge in [0.05, 0.1) is 6.61 Å². The van der Waals surface area contributed by atoms with E-state index in [1.807, 2.05) is 0 Å². The largest absolute Gasteiger partial charge is 0.493 e. The van der Waals surface area contributed by atoms with E-state index < -0.39 is 0 Å². The highest BCUT2D eigenvalue weighted by Crippen LogP contribution is 2.19. The molecule has 0 aliphatic heterocycles. The Morgan fingerprint density at radius 3 is 2.58 bits per heavy atom. The Morgan fingerprint density at radius 1 is 1.16 bits per heavy atom. The Morgan fingerprint density at radius 2 is 1.89 bits per heavy atom. The van der Waals surface area contributed by atoms with E-state index in [0.717, 1.165) is 44.8 Å². The second-order valence-corrected chi connectivity index (χ2v) is 4.98. The Kier molecular flexibility index (Phi) is 7.53. The zero-order valence-corrected chi connectivity index (χ0v) is 12.5. The average molecular weight is 265 g/mol. The molecular weight excluding hydrogens is 238 g/mol. The Hall–Kier alpha value is -1.06. The summed E-state index contributed by atoms with van der Waals surface area (Å²) in [5.41, 5.74) is 2.43. The standard InChI is InChI=1S/C16H27NO2/c1-4-17(9-5-11-18)10-6-12-19-16-13-14(2)7-8-15(16)3/h7-8,13,18H,4-6,9-12H2,1-3H3. The van der Waals surface area contributed by atoms with Crippen molar-refractivity contribution in [2.45, 2.75) is 33.6 Å². The van der Waals surface area contributed by atoms with Crippen LogP contribution in [0, 0.1) is 13.8 Å². The molecule has 0 bridgehead atoms.